The van der Waals surface area contributed by atoms with Crippen LogP contribution < -0.4 is 10.7 Å². The van der Waals surface area contributed by atoms with E-state index in [1.807, 2.05) is 54.1 Å². The first-order valence-electron chi connectivity index (χ1n) is 12.8. The van der Waals surface area contributed by atoms with Crippen molar-refractivity contribution in [3.8, 4) is 0 Å². The Bertz CT molecular complexity index is 1690. The fraction of sp³-hybridized carbons (Fsp3) is 0.276. The van der Waals surface area contributed by atoms with E-state index in [-0.39, 0.29) is 17.0 Å². The molecule has 5 aromatic rings. The molecule has 2 atom stereocenters. The lowest BCUT2D eigenvalue weighted by Crippen LogP contribution is -2.33. The van der Waals surface area contributed by atoms with Gasteiger partial charge in [-0.25, -0.2) is 4.98 Å². The van der Waals surface area contributed by atoms with Gasteiger partial charge in [0.2, 0.25) is 5.43 Å². The van der Waals surface area contributed by atoms with Gasteiger partial charge in [0.05, 0.1) is 15.6 Å². The number of thiophene rings is 1. The van der Waals surface area contributed by atoms with Crippen LogP contribution in [-0.2, 0) is 20.1 Å². The fourth-order valence-electron chi connectivity index (χ4n) is 5.22. The summed E-state index contributed by atoms with van der Waals surface area (Å²) in [4.78, 5) is 35.1. The van der Waals surface area contributed by atoms with Gasteiger partial charge < -0.3 is 15.0 Å². The Hall–Kier alpha value is -3.08. The standard InChI is InChI=1S/C29H27ClN4O3S2/c1-33-16-21(27(37)31-14-17-8-10-18(30)11-9-17)25(35)20-13-19(38-29(20)33)15-34-12-4-6-23(34)26(36)28-32-22-5-2-3-7-24(22)39-28/h2-3,5,7-11,13,16,23,26,36H,4,6,12,14-15H2,1H3,(H,31,37)/t23?,26-/m1/s1. The number of aliphatic hydroxyl groups excluding tert-OH is 1. The Morgan fingerprint density at radius 3 is 2.79 bits per heavy atom. The number of thiazole rings is 1. The first kappa shape index (κ1) is 26.2. The number of para-hydroxylation sites is 1. The van der Waals surface area contributed by atoms with E-state index in [1.54, 1.807) is 41.0 Å². The molecule has 2 aromatic carbocycles. The number of rotatable bonds is 7. The summed E-state index contributed by atoms with van der Waals surface area (Å²) in [7, 11) is 1.85. The predicted octanol–water partition coefficient (Wildman–Crippen LogP) is 5.49. The van der Waals surface area contributed by atoms with Crippen LogP contribution in [0, 0.1) is 0 Å². The summed E-state index contributed by atoms with van der Waals surface area (Å²) in [6.07, 6.45) is 2.83. The lowest BCUT2D eigenvalue weighted by atomic mass is 10.1. The number of hydrogen-bond donors (Lipinski definition) is 2. The van der Waals surface area contributed by atoms with E-state index in [9.17, 15) is 14.7 Å². The molecule has 10 heteroatoms. The van der Waals surface area contributed by atoms with Crippen LogP contribution in [0.25, 0.3) is 20.4 Å². The number of halogens is 1. The predicted molar refractivity (Wildman–Crippen MR) is 158 cm³/mol. The average Bonchev–Trinajstić information content (AvgIpc) is 3.68. The molecular formula is C29H27ClN4O3S2. The quantitative estimate of drug-likeness (QED) is 0.267. The van der Waals surface area contributed by atoms with Crippen molar-refractivity contribution in [1.29, 1.82) is 0 Å². The van der Waals surface area contributed by atoms with Crippen LogP contribution in [0.1, 0.15) is 44.8 Å². The topological polar surface area (TPSA) is 87.5 Å². The van der Waals surface area contributed by atoms with Gasteiger partial charge in [0.25, 0.3) is 5.91 Å². The second-order valence-corrected chi connectivity index (χ2v) is 12.5. The molecule has 7 nitrogen and oxygen atoms in total. The van der Waals surface area contributed by atoms with Crippen LogP contribution in [0.2, 0.25) is 5.02 Å². The lowest BCUT2D eigenvalue weighted by molar-refractivity contribution is 0.0693. The van der Waals surface area contributed by atoms with Gasteiger partial charge in [-0.2, -0.15) is 0 Å². The van der Waals surface area contributed by atoms with E-state index in [1.165, 1.54) is 0 Å². The number of nitrogens with zero attached hydrogens (tertiary/aromatic N) is 3. The van der Waals surface area contributed by atoms with E-state index >= 15 is 0 Å². The molecule has 1 aliphatic rings. The average molecular weight is 579 g/mol. The van der Waals surface area contributed by atoms with Crippen LogP contribution in [0.15, 0.2) is 65.6 Å². The number of fused-ring (bicyclic) bond motifs is 2. The first-order valence-corrected chi connectivity index (χ1v) is 14.8. The third-order valence-corrected chi connectivity index (χ3v) is 9.78. The number of benzene rings is 2. The zero-order valence-electron chi connectivity index (χ0n) is 21.3. The highest BCUT2D eigenvalue weighted by Gasteiger charge is 2.33. The van der Waals surface area contributed by atoms with E-state index < -0.39 is 12.0 Å². The molecule has 0 aliphatic carbocycles. The van der Waals surface area contributed by atoms with E-state index in [0.717, 1.165) is 49.9 Å². The molecule has 0 saturated carbocycles. The molecule has 0 bridgehead atoms. The lowest BCUT2D eigenvalue weighted by Gasteiger charge is -2.27. The summed E-state index contributed by atoms with van der Waals surface area (Å²) in [6, 6.07) is 17.0. The zero-order valence-corrected chi connectivity index (χ0v) is 23.7. The molecule has 1 aliphatic heterocycles. The summed E-state index contributed by atoms with van der Waals surface area (Å²) in [5.41, 5.74) is 1.66. The highest BCUT2D eigenvalue weighted by Crippen LogP contribution is 2.35. The molecule has 3 aromatic heterocycles. The molecule has 1 amide bonds. The van der Waals surface area contributed by atoms with Gasteiger partial charge in [-0.3, -0.25) is 14.5 Å². The van der Waals surface area contributed by atoms with E-state index in [2.05, 4.69) is 15.2 Å². The van der Waals surface area contributed by atoms with Crippen molar-refractivity contribution in [2.24, 2.45) is 7.05 Å². The van der Waals surface area contributed by atoms with Crippen LogP contribution >= 0.6 is 34.3 Å². The largest absolute Gasteiger partial charge is 0.384 e. The van der Waals surface area contributed by atoms with E-state index in [0.29, 0.717) is 23.5 Å². The van der Waals surface area contributed by atoms with Crippen LogP contribution in [0.5, 0.6) is 0 Å². The number of aromatic nitrogens is 2. The normalized spacial score (nSPS) is 16.7. The van der Waals surface area contributed by atoms with Crippen molar-refractivity contribution in [2.45, 2.75) is 38.1 Å². The van der Waals surface area contributed by atoms with Gasteiger partial charge in [0.1, 0.15) is 21.5 Å². The number of aliphatic hydroxyl groups is 1. The van der Waals surface area contributed by atoms with Crippen molar-refractivity contribution < 1.29 is 9.90 Å². The minimum atomic E-state index is -0.665. The minimum absolute atomic E-state index is 0.0366. The summed E-state index contributed by atoms with van der Waals surface area (Å²) in [5, 5.41) is 16.0. The maximum absolute atomic E-state index is 13.3. The third kappa shape index (κ3) is 5.25. The highest BCUT2D eigenvalue weighted by atomic mass is 35.5. The Labute approximate surface area is 238 Å². The van der Waals surface area contributed by atoms with Gasteiger partial charge in [-0.15, -0.1) is 22.7 Å². The monoisotopic (exact) mass is 578 g/mol. The van der Waals surface area contributed by atoms with Gasteiger partial charge >= 0.3 is 0 Å². The van der Waals surface area contributed by atoms with Crippen molar-refractivity contribution in [2.75, 3.05) is 6.54 Å². The molecule has 39 heavy (non-hydrogen) atoms. The number of carbonyl (C=O) groups excluding carboxylic acids is 1. The molecule has 1 unspecified atom stereocenters. The number of hydrogen-bond acceptors (Lipinski definition) is 7. The van der Waals surface area contributed by atoms with Crippen LogP contribution in [0.4, 0.5) is 0 Å². The van der Waals surface area contributed by atoms with E-state index in [4.69, 9.17) is 11.6 Å². The molecule has 6 rings (SSSR count). The van der Waals surface area contributed by atoms with Crippen LogP contribution in [-0.4, -0.2) is 38.1 Å². The number of pyridine rings is 1. The highest BCUT2D eigenvalue weighted by molar-refractivity contribution is 7.19. The Kier molecular flexibility index (Phi) is 7.26. The smallest absolute Gasteiger partial charge is 0.257 e. The summed E-state index contributed by atoms with van der Waals surface area (Å²) in [5.74, 6) is -0.404. The summed E-state index contributed by atoms with van der Waals surface area (Å²) >= 11 is 9.03. The SMILES string of the molecule is Cn1cc(C(=O)NCc2ccc(Cl)cc2)c(=O)c2cc(CN3CCCC3[C@@H](O)c3nc4ccccc4s3)sc21. The molecule has 200 valence electrons. The minimum Gasteiger partial charge on any atom is -0.384 e. The molecule has 1 saturated heterocycles. The molecule has 0 radical (unpaired) electrons. The molecule has 2 N–H and O–H groups in total. The van der Waals surface area contributed by atoms with Gasteiger partial charge in [0.15, 0.2) is 0 Å². The van der Waals surface area contributed by atoms with Crippen molar-refractivity contribution in [3.63, 3.8) is 0 Å². The zero-order chi connectivity index (χ0) is 27.1. The van der Waals surface area contributed by atoms with Crippen molar-refractivity contribution in [1.82, 2.24) is 19.8 Å². The number of amides is 1. The Morgan fingerprint density at radius 2 is 2.00 bits per heavy atom. The van der Waals surface area contributed by atoms with Crippen LogP contribution in [0.3, 0.4) is 0 Å². The molecule has 1 fully saturated rings. The second-order valence-electron chi connectivity index (χ2n) is 9.87. The number of carbonyl (C=O) groups is 1. The Balaban J connectivity index is 1.20. The van der Waals surface area contributed by atoms with Gasteiger partial charge in [-0.1, -0.05) is 35.9 Å². The first-order chi connectivity index (χ1) is 18.9. The maximum atomic E-state index is 13.3. The van der Waals surface area contributed by atoms with Crippen molar-refractivity contribution in [3.05, 3.63) is 97.1 Å². The third-order valence-electron chi connectivity index (χ3n) is 7.21. The number of nitrogens with one attached hydrogen (secondary N) is 1. The number of likely N-dealkylation sites (tertiary alicyclic amines) is 1. The van der Waals surface area contributed by atoms with Gasteiger partial charge in [-0.05, 0) is 55.3 Å². The van der Waals surface area contributed by atoms with Gasteiger partial charge in [0, 0.05) is 42.3 Å². The summed E-state index contributed by atoms with van der Waals surface area (Å²) in [6.45, 7) is 1.80. The fourth-order valence-corrected chi connectivity index (χ4v) is 7.47. The van der Waals surface area contributed by atoms with Crippen molar-refractivity contribution >= 4 is 60.6 Å². The molecular weight excluding hydrogens is 552 g/mol. The Morgan fingerprint density at radius 1 is 1.21 bits per heavy atom. The summed E-state index contributed by atoms with van der Waals surface area (Å²) < 4.78 is 2.92. The molecule has 4 heterocycles. The second kappa shape index (κ2) is 10.8. The maximum Gasteiger partial charge on any atom is 0.257 e. The molecule has 0 spiro atoms. The number of aryl methyl sites for hydroxylation is 1.